The first-order chi connectivity index (χ1) is 25.9. The maximum absolute atomic E-state index is 12.7. The average Bonchev–Trinajstić information content (AvgIpc) is 3.62. The number of urea groups is 1. The van der Waals surface area contributed by atoms with Gasteiger partial charge in [-0.05, 0) is 77.2 Å². The predicted octanol–water partition coefficient (Wildman–Crippen LogP) is 9.70. The van der Waals surface area contributed by atoms with Crippen molar-refractivity contribution in [2.45, 2.75) is 49.8 Å². The lowest BCUT2D eigenvalue weighted by Gasteiger charge is -2.41. The Kier molecular flexibility index (Phi) is 11.8. The molecule has 0 saturated carbocycles. The average molecular weight is 745 g/mol. The molecule has 6 aromatic rings. The molecule has 4 atom stereocenters. The summed E-state index contributed by atoms with van der Waals surface area (Å²) in [7, 11) is 0. The van der Waals surface area contributed by atoms with E-state index in [0.29, 0.717) is 23.7 Å². The lowest BCUT2D eigenvalue weighted by atomic mass is 9.91. The van der Waals surface area contributed by atoms with Crippen LogP contribution in [0, 0.1) is 12.8 Å². The van der Waals surface area contributed by atoms with Gasteiger partial charge in [0.2, 0.25) is 0 Å². The van der Waals surface area contributed by atoms with E-state index < -0.39 is 6.29 Å². The van der Waals surface area contributed by atoms with Crippen molar-refractivity contribution in [2.75, 3.05) is 11.1 Å². The second-order valence-corrected chi connectivity index (χ2v) is 15.2. The minimum atomic E-state index is -0.564. The number of anilines is 1. The molecule has 5 aromatic carbocycles. The number of amides is 2. The molecular weight excluding hydrogens is 705 g/mol. The summed E-state index contributed by atoms with van der Waals surface area (Å²) in [6, 6.07) is 40.8. The SMILES string of the molecule is Cc1nnc(SCC2OC(c3ccc(-c4cccc(CNC(=O)Nc5ccc(Oc6ccccc6)cc5)c4)cc3)OC(c3ccc(CO)cc3)C2C)s1. The number of nitrogens with zero attached hydrogens (tertiary/aromatic N) is 2. The molecule has 9 nitrogen and oxygen atoms in total. The van der Waals surface area contributed by atoms with E-state index in [1.807, 2.05) is 97.9 Å². The number of aromatic nitrogens is 2. The number of hydrogen-bond donors (Lipinski definition) is 3. The molecule has 1 aromatic heterocycles. The minimum absolute atomic E-state index is 0.00364. The molecule has 1 aliphatic heterocycles. The highest BCUT2D eigenvalue weighted by Crippen LogP contribution is 2.43. The molecule has 0 radical (unpaired) electrons. The fourth-order valence-corrected chi connectivity index (χ4v) is 8.09. The number of aliphatic hydroxyl groups excluding tert-OH is 1. The van der Waals surface area contributed by atoms with Gasteiger partial charge in [-0.15, -0.1) is 10.2 Å². The molecule has 1 fully saturated rings. The van der Waals surface area contributed by atoms with E-state index in [2.05, 4.69) is 64.2 Å². The molecular formula is C42H40N4O5S2. The van der Waals surface area contributed by atoms with Crippen molar-refractivity contribution in [2.24, 2.45) is 5.92 Å². The first kappa shape index (κ1) is 36.3. The fourth-order valence-electron chi connectivity index (χ4n) is 6.08. The maximum Gasteiger partial charge on any atom is 0.319 e. The Bertz CT molecular complexity index is 2090. The number of benzene rings is 5. The van der Waals surface area contributed by atoms with Crippen LogP contribution in [0.5, 0.6) is 11.5 Å². The third kappa shape index (κ3) is 9.50. The number of hydrogen-bond acceptors (Lipinski definition) is 9. The third-order valence-corrected chi connectivity index (χ3v) is 11.0. The van der Waals surface area contributed by atoms with Crippen LogP contribution in [0.4, 0.5) is 10.5 Å². The lowest BCUT2D eigenvalue weighted by Crippen LogP contribution is -2.38. The molecule has 270 valence electrons. The first-order valence-corrected chi connectivity index (χ1v) is 19.2. The van der Waals surface area contributed by atoms with Gasteiger partial charge in [0.1, 0.15) is 16.5 Å². The molecule has 11 heteroatoms. The van der Waals surface area contributed by atoms with Crippen molar-refractivity contribution in [3.8, 4) is 22.6 Å². The highest BCUT2D eigenvalue weighted by Gasteiger charge is 2.38. The molecule has 1 aliphatic rings. The van der Waals surface area contributed by atoms with E-state index in [-0.39, 0.29) is 30.8 Å². The van der Waals surface area contributed by atoms with Crippen LogP contribution in [0.3, 0.4) is 0 Å². The zero-order chi connectivity index (χ0) is 36.6. The van der Waals surface area contributed by atoms with Gasteiger partial charge in [-0.25, -0.2) is 4.79 Å². The number of rotatable bonds is 12. The van der Waals surface area contributed by atoms with Crippen LogP contribution in [-0.2, 0) is 22.6 Å². The van der Waals surface area contributed by atoms with Crippen LogP contribution in [-0.4, -0.2) is 33.2 Å². The molecule has 1 saturated heterocycles. The highest BCUT2D eigenvalue weighted by molar-refractivity contribution is 8.01. The zero-order valence-electron chi connectivity index (χ0n) is 29.3. The lowest BCUT2D eigenvalue weighted by molar-refractivity contribution is -0.268. The van der Waals surface area contributed by atoms with E-state index in [1.165, 1.54) is 0 Å². The van der Waals surface area contributed by atoms with Gasteiger partial charge in [-0.2, -0.15) is 0 Å². The molecule has 2 amide bonds. The van der Waals surface area contributed by atoms with E-state index >= 15 is 0 Å². The Morgan fingerprint density at radius 3 is 2.26 bits per heavy atom. The molecule has 0 bridgehead atoms. The molecule has 7 rings (SSSR count). The summed E-state index contributed by atoms with van der Waals surface area (Å²) >= 11 is 3.24. The van der Waals surface area contributed by atoms with Crippen LogP contribution in [0.15, 0.2) is 132 Å². The van der Waals surface area contributed by atoms with Gasteiger partial charge < -0.3 is 30.0 Å². The molecule has 2 heterocycles. The van der Waals surface area contributed by atoms with Gasteiger partial charge in [0.25, 0.3) is 0 Å². The number of ether oxygens (including phenoxy) is 3. The van der Waals surface area contributed by atoms with Crippen molar-refractivity contribution < 1.29 is 24.1 Å². The van der Waals surface area contributed by atoms with Crippen molar-refractivity contribution in [3.63, 3.8) is 0 Å². The van der Waals surface area contributed by atoms with E-state index in [4.69, 9.17) is 14.2 Å². The molecule has 0 aliphatic carbocycles. The topological polar surface area (TPSA) is 115 Å². The Labute approximate surface area is 317 Å². The number of aliphatic hydroxyl groups is 1. The zero-order valence-corrected chi connectivity index (χ0v) is 31.0. The fraction of sp³-hybridized carbons (Fsp3) is 0.214. The van der Waals surface area contributed by atoms with Crippen LogP contribution >= 0.6 is 23.1 Å². The second-order valence-electron chi connectivity index (χ2n) is 12.8. The normalized spacial score (nSPS) is 18.3. The summed E-state index contributed by atoms with van der Waals surface area (Å²) in [4.78, 5) is 12.7. The van der Waals surface area contributed by atoms with Crippen molar-refractivity contribution in [1.82, 2.24) is 15.5 Å². The van der Waals surface area contributed by atoms with Gasteiger partial charge in [-0.3, -0.25) is 0 Å². The number of nitrogens with one attached hydrogen (secondary N) is 2. The number of carbonyl (C=O) groups is 1. The number of aryl methyl sites for hydroxylation is 1. The second kappa shape index (κ2) is 17.2. The van der Waals surface area contributed by atoms with E-state index in [9.17, 15) is 9.90 Å². The number of para-hydroxylation sites is 1. The predicted molar refractivity (Wildman–Crippen MR) is 209 cm³/mol. The van der Waals surface area contributed by atoms with Gasteiger partial charge in [0.05, 0.1) is 18.8 Å². The quantitative estimate of drug-likeness (QED) is 0.106. The van der Waals surface area contributed by atoms with Crippen molar-refractivity contribution in [3.05, 3.63) is 155 Å². The van der Waals surface area contributed by atoms with Gasteiger partial charge in [0.15, 0.2) is 10.6 Å². The molecule has 0 spiro atoms. The summed E-state index contributed by atoms with van der Waals surface area (Å²) in [6.45, 7) is 4.48. The van der Waals surface area contributed by atoms with Gasteiger partial charge >= 0.3 is 6.03 Å². The smallest absolute Gasteiger partial charge is 0.319 e. The molecule has 3 N–H and O–H groups in total. The minimum Gasteiger partial charge on any atom is -0.457 e. The van der Waals surface area contributed by atoms with Gasteiger partial charge in [0, 0.05) is 29.5 Å². The van der Waals surface area contributed by atoms with Crippen LogP contribution in [0.25, 0.3) is 11.1 Å². The summed E-state index contributed by atoms with van der Waals surface area (Å²) in [5, 5.41) is 24.8. The summed E-state index contributed by atoms with van der Waals surface area (Å²) in [5.74, 6) is 2.23. The molecule has 4 unspecified atom stereocenters. The standard InChI is InChI=1S/C42H40N4O5S2/c1-27-38(26-52-42-46-45-28(2)53-42)50-40(51-39(27)32-13-11-29(25-47)12-14-32)33-17-15-31(16-18-33)34-8-6-7-30(23-34)24-43-41(48)44-35-19-21-37(22-20-35)49-36-9-4-3-5-10-36/h3-23,27,38-40,47H,24-26H2,1-2H3,(H2,43,44,48). The Balaban J connectivity index is 0.983. The number of thioether (sulfide) groups is 1. The summed E-state index contributed by atoms with van der Waals surface area (Å²) in [6.07, 6.45) is -0.858. The van der Waals surface area contributed by atoms with Crippen LogP contribution in [0.2, 0.25) is 0 Å². The van der Waals surface area contributed by atoms with E-state index in [0.717, 1.165) is 48.5 Å². The monoisotopic (exact) mass is 744 g/mol. The van der Waals surface area contributed by atoms with Crippen molar-refractivity contribution in [1.29, 1.82) is 0 Å². The summed E-state index contributed by atoms with van der Waals surface area (Å²) < 4.78 is 20.0. The largest absolute Gasteiger partial charge is 0.457 e. The first-order valence-electron chi connectivity index (χ1n) is 17.4. The van der Waals surface area contributed by atoms with Crippen LogP contribution < -0.4 is 15.4 Å². The maximum atomic E-state index is 12.7. The Morgan fingerprint density at radius 1 is 0.811 bits per heavy atom. The van der Waals surface area contributed by atoms with Gasteiger partial charge in [-0.1, -0.05) is 115 Å². The molecule has 53 heavy (non-hydrogen) atoms. The van der Waals surface area contributed by atoms with Crippen LogP contribution in [0.1, 0.15) is 46.6 Å². The van der Waals surface area contributed by atoms with Crippen molar-refractivity contribution >= 4 is 34.8 Å². The Morgan fingerprint density at radius 2 is 1.55 bits per heavy atom. The number of carbonyl (C=O) groups excluding carboxylic acids is 1. The van der Waals surface area contributed by atoms with E-state index in [1.54, 1.807) is 23.1 Å². The summed E-state index contributed by atoms with van der Waals surface area (Å²) in [5.41, 5.74) is 6.55. The highest BCUT2D eigenvalue weighted by atomic mass is 32.2. The third-order valence-electron chi connectivity index (χ3n) is 8.99. The Hall–Kier alpha value is -5.04.